The normalized spacial score (nSPS) is 26.2. The van der Waals surface area contributed by atoms with E-state index in [9.17, 15) is 9.59 Å². The fourth-order valence-electron chi connectivity index (χ4n) is 3.33. The van der Waals surface area contributed by atoms with Crippen LogP contribution in [0.3, 0.4) is 0 Å². The number of rotatable bonds is 3. The largest absolute Gasteiger partial charge is 0.303 e. The summed E-state index contributed by atoms with van der Waals surface area (Å²) in [7, 11) is 0. The van der Waals surface area contributed by atoms with E-state index < -0.39 is 0 Å². The van der Waals surface area contributed by atoms with Gasteiger partial charge in [-0.25, -0.2) is 0 Å². The van der Waals surface area contributed by atoms with Gasteiger partial charge in [0, 0.05) is 30.7 Å². The number of hydrogen-bond donors (Lipinski definition) is 1. The molecule has 0 aromatic heterocycles. The Balaban J connectivity index is 1.87. The average molecular weight is 295 g/mol. The number of imide groups is 1. The van der Waals surface area contributed by atoms with Gasteiger partial charge in [0.2, 0.25) is 11.8 Å². The summed E-state index contributed by atoms with van der Waals surface area (Å²) >= 11 is 0. The molecule has 0 spiro atoms. The maximum Gasteiger partial charge on any atom is 0.247 e. The molecule has 2 amide bonds. The topological polar surface area (TPSA) is 52.7 Å². The summed E-state index contributed by atoms with van der Waals surface area (Å²) in [5.74, 6) is -0.0899. The van der Waals surface area contributed by atoms with Crippen LogP contribution in [0.1, 0.15) is 53.9 Å². The van der Waals surface area contributed by atoms with E-state index in [4.69, 9.17) is 0 Å². The smallest absolute Gasteiger partial charge is 0.247 e. The van der Waals surface area contributed by atoms with Crippen LogP contribution < -0.4 is 5.32 Å². The molecule has 0 aromatic carbocycles. The van der Waals surface area contributed by atoms with Crippen LogP contribution >= 0.6 is 0 Å². The second kappa shape index (κ2) is 6.05. The van der Waals surface area contributed by atoms with Crippen LogP contribution in [-0.4, -0.2) is 58.4 Å². The summed E-state index contributed by atoms with van der Waals surface area (Å²) < 4.78 is 0. The number of hydrogen-bond acceptors (Lipinski definition) is 4. The summed E-state index contributed by atoms with van der Waals surface area (Å²) in [5.41, 5.74) is 0.207. The maximum atomic E-state index is 12.3. The van der Waals surface area contributed by atoms with Crippen LogP contribution in [0.4, 0.5) is 0 Å². The first-order valence-corrected chi connectivity index (χ1v) is 8.07. The Morgan fingerprint density at radius 3 is 2.14 bits per heavy atom. The highest BCUT2D eigenvalue weighted by atomic mass is 16.2. The predicted molar refractivity (Wildman–Crippen MR) is 82.9 cm³/mol. The van der Waals surface area contributed by atoms with Crippen LogP contribution in [0.2, 0.25) is 0 Å². The molecule has 0 aliphatic carbocycles. The Morgan fingerprint density at radius 2 is 1.71 bits per heavy atom. The van der Waals surface area contributed by atoms with Crippen molar-refractivity contribution in [3.05, 3.63) is 0 Å². The SMILES string of the molecule is CC(C)N1C(=O)CC(NC2CCN(C(C)(C)C)CC2)C1=O. The third-order valence-electron chi connectivity index (χ3n) is 4.58. The Bertz CT molecular complexity index is 406. The van der Waals surface area contributed by atoms with Crippen molar-refractivity contribution in [1.82, 2.24) is 15.1 Å². The van der Waals surface area contributed by atoms with E-state index in [-0.39, 0.29) is 29.4 Å². The minimum absolute atomic E-state index is 0.0420. The zero-order chi connectivity index (χ0) is 15.8. The van der Waals surface area contributed by atoms with E-state index in [2.05, 4.69) is 31.0 Å². The molecular weight excluding hydrogens is 266 g/mol. The minimum atomic E-state index is -0.314. The van der Waals surface area contributed by atoms with Gasteiger partial charge in [0.05, 0.1) is 12.5 Å². The molecule has 5 heteroatoms. The number of piperidine rings is 1. The van der Waals surface area contributed by atoms with Gasteiger partial charge in [0.1, 0.15) is 0 Å². The number of carbonyl (C=O) groups excluding carboxylic acids is 2. The van der Waals surface area contributed by atoms with Crippen molar-refractivity contribution < 1.29 is 9.59 Å². The molecule has 2 fully saturated rings. The second-order valence-corrected chi connectivity index (χ2v) is 7.55. The number of nitrogens with one attached hydrogen (secondary N) is 1. The van der Waals surface area contributed by atoms with E-state index in [0.29, 0.717) is 12.5 Å². The van der Waals surface area contributed by atoms with Crippen molar-refractivity contribution >= 4 is 11.8 Å². The van der Waals surface area contributed by atoms with E-state index in [1.807, 2.05) is 13.8 Å². The third kappa shape index (κ3) is 3.64. The molecule has 0 radical (unpaired) electrons. The number of nitrogens with zero attached hydrogens (tertiary/aromatic N) is 2. The second-order valence-electron chi connectivity index (χ2n) is 7.55. The number of amides is 2. The highest BCUT2D eigenvalue weighted by Crippen LogP contribution is 2.22. The number of likely N-dealkylation sites (tertiary alicyclic amines) is 2. The van der Waals surface area contributed by atoms with E-state index in [0.717, 1.165) is 25.9 Å². The van der Waals surface area contributed by atoms with E-state index in [1.165, 1.54) is 4.90 Å². The minimum Gasteiger partial charge on any atom is -0.303 e. The van der Waals surface area contributed by atoms with Gasteiger partial charge < -0.3 is 5.32 Å². The van der Waals surface area contributed by atoms with Gasteiger partial charge in [-0.15, -0.1) is 0 Å². The molecule has 0 bridgehead atoms. The van der Waals surface area contributed by atoms with Crippen molar-refractivity contribution in [3.63, 3.8) is 0 Å². The first-order valence-electron chi connectivity index (χ1n) is 8.07. The molecule has 1 N–H and O–H groups in total. The third-order valence-corrected chi connectivity index (χ3v) is 4.58. The molecule has 5 nitrogen and oxygen atoms in total. The summed E-state index contributed by atoms with van der Waals surface area (Å²) in [5, 5.41) is 3.42. The van der Waals surface area contributed by atoms with Crippen LogP contribution in [0.5, 0.6) is 0 Å². The van der Waals surface area contributed by atoms with Crippen molar-refractivity contribution in [3.8, 4) is 0 Å². The molecule has 2 rings (SSSR count). The predicted octanol–water partition coefficient (Wildman–Crippen LogP) is 1.37. The van der Waals surface area contributed by atoms with Crippen LogP contribution in [0.15, 0.2) is 0 Å². The zero-order valence-corrected chi connectivity index (χ0v) is 14.0. The summed E-state index contributed by atoms with van der Waals surface area (Å²) in [6.45, 7) is 12.6. The van der Waals surface area contributed by atoms with E-state index >= 15 is 0 Å². The van der Waals surface area contributed by atoms with Crippen molar-refractivity contribution in [2.24, 2.45) is 0 Å². The molecular formula is C16H29N3O2. The lowest BCUT2D eigenvalue weighted by atomic mass is 9.97. The fraction of sp³-hybridized carbons (Fsp3) is 0.875. The van der Waals surface area contributed by atoms with Gasteiger partial charge in [0.15, 0.2) is 0 Å². The molecule has 1 unspecified atom stereocenters. The molecule has 120 valence electrons. The average Bonchev–Trinajstić information content (AvgIpc) is 2.64. The molecule has 0 aromatic rings. The van der Waals surface area contributed by atoms with Gasteiger partial charge in [-0.1, -0.05) is 0 Å². The van der Waals surface area contributed by atoms with Crippen LogP contribution in [0.25, 0.3) is 0 Å². The summed E-state index contributed by atoms with van der Waals surface area (Å²) in [6.07, 6.45) is 2.39. The molecule has 2 heterocycles. The molecule has 2 saturated heterocycles. The number of carbonyl (C=O) groups is 2. The first kappa shape index (κ1) is 16.4. The van der Waals surface area contributed by atoms with Gasteiger partial charge in [-0.05, 0) is 47.5 Å². The maximum absolute atomic E-state index is 12.3. The quantitative estimate of drug-likeness (QED) is 0.799. The van der Waals surface area contributed by atoms with Gasteiger partial charge >= 0.3 is 0 Å². The van der Waals surface area contributed by atoms with Gasteiger partial charge in [-0.2, -0.15) is 0 Å². The van der Waals surface area contributed by atoms with Gasteiger partial charge in [-0.3, -0.25) is 19.4 Å². The molecule has 21 heavy (non-hydrogen) atoms. The highest BCUT2D eigenvalue weighted by Gasteiger charge is 2.41. The van der Waals surface area contributed by atoms with Crippen LogP contribution in [-0.2, 0) is 9.59 Å². The monoisotopic (exact) mass is 295 g/mol. The standard InChI is InChI=1S/C16H29N3O2/c1-11(2)19-14(20)10-13(15(19)21)17-12-6-8-18(9-7-12)16(3,4)5/h11-13,17H,6-10H2,1-5H3. The highest BCUT2D eigenvalue weighted by molar-refractivity contribution is 6.05. The molecule has 0 saturated carbocycles. The van der Waals surface area contributed by atoms with E-state index in [1.54, 1.807) is 0 Å². The summed E-state index contributed by atoms with van der Waals surface area (Å²) in [4.78, 5) is 28.1. The summed E-state index contributed by atoms with van der Waals surface area (Å²) in [6, 6.07) is -0.0110. The first-order chi connectivity index (χ1) is 9.70. The van der Waals surface area contributed by atoms with Crippen molar-refractivity contribution in [1.29, 1.82) is 0 Å². The molecule has 2 aliphatic rings. The fourth-order valence-corrected chi connectivity index (χ4v) is 3.33. The van der Waals surface area contributed by atoms with Crippen molar-refractivity contribution in [2.75, 3.05) is 13.1 Å². The Labute approximate surface area is 128 Å². The molecule has 2 aliphatic heterocycles. The van der Waals surface area contributed by atoms with Crippen molar-refractivity contribution in [2.45, 2.75) is 77.5 Å². The zero-order valence-electron chi connectivity index (χ0n) is 14.0. The van der Waals surface area contributed by atoms with Gasteiger partial charge in [0.25, 0.3) is 0 Å². The molecule has 1 atom stereocenters. The van der Waals surface area contributed by atoms with Crippen LogP contribution in [0, 0.1) is 0 Å². The lowest BCUT2D eigenvalue weighted by Crippen LogP contribution is -2.52. The lowest BCUT2D eigenvalue weighted by molar-refractivity contribution is -0.140. The lowest BCUT2D eigenvalue weighted by Gasteiger charge is -2.41. The Kier molecular flexibility index (Phi) is 4.73. The Morgan fingerprint density at radius 1 is 1.14 bits per heavy atom. The Hall–Kier alpha value is -0.940.